The van der Waals surface area contributed by atoms with E-state index < -0.39 is 24.2 Å². The highest BCUT2D eigenvalue weighted by Gasteiger charge is 2.32. The number of aliphatic hydroxyl groups is 1. The average molecular weight is 617 g/mol. The van der Waals surface area contributed by atoms with Crippen molar-refractivity contribution < 1.29 is 24.2 Å². The van der Waals surface area contributed by atoms with Crippen molar-refractivity contribution >= 4 is 30.2 Å². The number of ether oxygens (including phenoxy) is 1. The summed E-state index contributed by atoms with van der Waals surface area (Å²) in [4.78, 5) is 39.5. The Morgan fingerprint density at radius 1 is 1.02 bits per heavy atom. The maximum atomic E-state index is 13.4. The zero-order chi connectivity index (χ0) is 32.1. The number of ketones is 1. The molecule has 0 aliphatic carbocycles. The van der Waals surface area contributed by atoms with E-state index in [1.165, 1.54) is 0 Å². The Morgan fingerprint density at radius 2 is 1.70 bits per heavy atom. The lowest BCUT2D eigenvalue weighted by molar-refractivity contribution is -0.136. The van der Waals surface area contributed by atoms with Gasteiger partial charge in [0.1, 0.15) is 18.9 Å². The normalized spacial score (nSPS) is 15.1. The Kier molecular flexibility index (Phi) is 15.4. The van der Waals surface area contributed by atoms with Gasteiger partial charge in [-0.3, -0.25) is 14.4 Å². The maximum Gasteiger partial charge on any atom is 0.243 e. The first-order valence-electron chi connectivity index (χ1n) is 15.4. The van der Waals surface area contributed by atoms with Crippen molar-refractivity contribution in [2.75, 3.05) is 5.75 Å². The van der Waals surface area contributed by atoms with Crippen molar-refractivity contribution in [2.24, 2.45) is 23.7 Å². The number of benzene rings is 1. The Bertz CT molecular complexity index is 1150. The van der Waals surface area contributed by atoms with Crippen LogP contribution in [0.5, 0.6) is 0 Å². The molecule has 0 unspecified atom stereocenters. The standard InChI is InChI=1S/C33H52N4O5S/c1-21(2)15-27(18-29(39)30(13-14-43)42-20-37-25(7)17-24(6)36-37)28(38)16-23(5)32(40)35-31(22(3)4)33(41)34-19-26-11-9-8-10-12-26/h8-12,17,21-23,27-28,30-31,38,43H,13-16,18-20H2,1-7H3,(H,34,41)(H,35,40)/t23-,27-,28+,30+,31+/m1/s1. The zero-order valence-electron chi connectivity index (χ0n) is 26.9. The molecule has 0 bridgehead atoms. The van der Waals surface area contributed by atoms with Crippen LogP contribution in [-0.4, -0.2) is 56.5 Å². The van der Waals surface area contributed by atoms with Gasteiger partial charge in [-0.2, -0.15) is 17.7 Å². The molecule has 1 aromatic heterocycles. The predicted octanol–water partition coefficient (Wildman–Crippen LogP) is 4.63. The number of carbonyl (C=O) groups excluding carboxylic acids is 3. The van der Waals surface area contributed by atoms with Gasteiger partial charge in [0.25, 0.3) is 0 Å². The van der Waals surface area contributed by atoms with Crippen molar-refractivity contribution in [2.45, 2.75) is 106 Å². The fourth-order valence-corrected chi connectivity index (χ4v) is 5.41. The summed E-state index contributed by atoms with van der Waals surface area (Å²) in [5.41, 5.74) is 2.80. The molecule has 1 aromatic carbocycles. The summed E-state index contributed by atoms with van der Waals surface area (Å²) in [7, 11) is 0. The van der Waals surface area contributed by atoms with Gasteiger partial charge in [-0.25, -0.2) is 4.68 Å². The van der Waals surface area contributed by atoms with Crippen molar-refractivity contribution in [3.63, 3.8) is 0 Å². The number of Topliss-reactive ketones (excluding diaryl/α,β-unsaturated/α-hetero) is 1. The number of aliphatic hydroxyl groups excluding tert-OH is 1. The molecule has 0 radical (unpaired) electrons. The van der Waals surface area contributed by atoms with E-state index in [4.69, 9.17) is 4.74 Å². The molecular formula is C33H52N4O5S. The molecule has 3 N–H and O–H groups in total. The molecule has 2 aromatic rings. The number of rotatable bonds is 19. The molecule has 2 amide bonds. The van der Waals surface area contributed by atoms with Crippen LogP contribution in [0.3, 0.4) is 0 Å². The molecule has 9 nitrogen and oxygen atoms in total. The highest BCUT2D eigenvalue weighted by molar-refractivity contribution is 7.80. The molecule has 2 rings (SSSR count). The SMILES string of the molecule is Cc1cc(C)n(CO[C@@H](CCS)C(=O)C[C@@H](CC(C)C)[C@@H](O)C[C@@H](C)C(=O)N[C@H](C(=O)NCc2ccccc2)C(C)C)n1. The van der Waals surface area contributed by atoms with Gasteiger partial charge in [-0.1, -0.05) is 65.0 Å². The van der Waals surface area contributed by atoms with Gasteiger partial charge in [-0.15, -0.1) is 0 Å². The zero-order valence-corrected chi connectivity index (χ0v) is 27.8. The summed E-state index contributed by atoms with van der Waals surface area (Å²) in [6.45, 7) is 14.0. The number of thiol groups is 1. The molecule has 43 heavy (non-hydrogen) atoms. The van der Waals surface area contributed by atoms with Crippen LogP contribution in [0.25, 0.3) is 0 Å². The van der Waals surface area contributed by atoms with E-state index in [1.807, 2.05) is 77.9 Å². The van der Waals surface area contributed by atoms with E-state index in [0.29, 0.717) is 25.1 Å². The number of carbonyl (C=O) groups is 3. The first-order chi connectivity index (χ1) is 20.3. The van der Waals surface area contributed by atoms with E-state index in [2.05, 4.69) is 28.4 Å². The summed E-state index contributed by atoms with van der Waals surface area (Å²) >= 11 is 4.32. The molecule has 0 aliphatic rings. The second kappa shape index (κ2) is 18.2. The summed E-state index contributed by atoms with van der Waals surface area (Å²) in [5.74, 6) is -0.931. The Hall–Kier alpha value is -2.69. The average Bonchev–Trinajstić information content (AvgIpc) is 3.28. The topological polar surface area (TPSA) is 123 Å². The minimum Gasteiger partial charge on any atom is -0.393 e. The fraction of sp³-hybridized carbons (Fsp3) is 0.636. The van der Waals surface area contributed by atoms with Crippen molar-refractivity contribution in [3.05, 3.63) is 53.3 Å². The summed E-state index contributed by atoms with van der Waals surface area (Å²) in [6, 6.07) is 10.8. The van der Waals surface area contributed by atoms with Crippen molar-refractivity contribution in [1.82, 2.24) is 20.4 Å². The van der Waals surface area contributed by atoms with E-state index in [-0.39, 0.29) is 54.9 Å². The first kappa shape index (κ1) is 36.5. The molecule has 0 saturated carbocycles. The third kappa shape index (κ3) is 12.4. The maximum absolute atomic E-state index is 13.4. The van der Waals surface area contributed by atoms with Crippen LogP contribution < -0.4 is 10.6 Å². The third-order valence-corrected chi connectivity index (χ3v) is 7.89. The highest BCUT2D eigenvalue weighted by atomic mass is 32.1. The summed E-state index contributed by atoms with van der Waals surface area (Å²) < 4.78 is 7.71. The van der Waals surface area contributed by atoms with E-state index in [9.17, 15) is 19.5 Å². The second-order valence-electron chi connectivity index (χ2n) is 12.4. The molecule has 10 heteroatoms. The molecule has 0 aliphatic heterocycles. The van der Waals surface area contributed by atoms with Crippen LogP contribution in [-0.2, 0) is 32.4 Å². The van der Waals surface area contributed by atoms with Crippen LogP contribution in [0.15, 0.2) is 36.4 Å². The van der Waals surface area contributed by atoms with Gasteiger partial charge in [-0.05, 0) is 68.2 Å². The quantitative estimate of drug-likeness (QED) is 0.171. The third-order valence-electron chi connectivity index (χ3n) is 7.63. The predicted molar refractivity (Wildman–Crippen MR) is 172 cm³/mol. The number of nitrogens with one attached hydrogen (secondary N) is 2. The van der Waals surface area contributed by atoms with Gasteiger partial charge in [0.2, 0.25) is 11.8 Å². The monoisotopic (exact) mass is 616 g/mol. The minimum atomic E-state index is -0.871. The highest BCUT2D eigenvalue weighted by Crippen LogP contribution is 2.26. The van der Waals surface area contributed by atoms with E-state index >= 15 is 0 Å². The Labute approximate surface area is 263 Å². The number of nitrogens with zero attached hydrogens (tertiary/aromatic N) is 2. The smallest absolute Gasteiger partial charge is 0.243 e. The van der Waals surface area contributed by atoms with Crippen molar-refractivity contribution in [1.29, 1.82) is 0 Å². The lowest BCUT2D eigenvalue weighted by Crippen LogP contribution is -2.51. The lowest BCUT2D eigenvalue weighted by atomic mass is 9.83. The van der Waals surface area contributed by atoms with Gasteiger partial charge >= 0.3 is 0 Å². The molecule has 5 atom stereocenters. The Balaban J connectivity index is 2.00. The molecule has 0 fully saturated rings. The minimum absolute atomic E-state index is 0.0904. The van der Waals surface area contributed by atoms with Gasteiger partial charge in [0.15, 0.2) is 5.78 Å². The molecule has 240 valence electrons. The molecule has 0 spiro atoms. The summed E-state index contributed by atoms with van der Waals surface area (Å²) in [5, 5.41) is 21.5. The fourth-order valence-electron chi connectivity index (χ4n) is 5.18. The summed E-state index contributed by atoms with van der Waals surface area (Å²) in [6.07, 6.45) is -0.137. The molecule has 0 saturated heterocycles. The second-order valence-corrected chi connectivity index (χ2v) is 12.9. The first-order valence-corrected chi connectivity index (χ1v) is 16.0. The van der Waals surface area contributed by atoms with Gasteiger partial charge < -0.3 is 20.5 Å². The van der Waals surface area contributed by atoms with Crippen LogP contribution in [0, 0.1) is 37.5 Å². The number of aryl methyl sites for hydroxylation is 2. The molecular weight excluding hydrogens is 564 g/mol. The van der Waals surface area contributed by atoms with Gasteiger partial charge in [0.05, 0.1) is 11.8 Å². The van der Waals surface area contributed by atoms with Crippen LogP contribution in [0.1, 0.15) is 77.3 Å². The number of hydrogen-bond acceptors (Lipinski definition) is 7. The van der Waals surface area contributed by atoms with Crippen molar-refractivity contribution in [3.8, 4) is 0 Å². The number of hydrogen-bond donors (Lipinski definition) is 4. The number of amides is 2. The largest absolute Gasteiger partial charge is 0.393 e. The van der Waals surface area contributed by atoms with Crippen LogP contribution >= 0.6 is 12.6 Å². The Morgan fingerprint density at radius 3 is 2.26 bits per heavy atom. The molecule has 1 heterocycles. The van der Waals surface area contributed by atoms with E-state index in [0.717, 1.165) is 17.0 Å². The van der Waals surface area contributed by atoms with E-state index in [1.54, 1.807) is 11.6 Å². The number of aromatic nitrogens is 2. The van der Waals surface area contributed by atoms with Crippen LogP contribution in [0.2, 0.25) is 0 Å². The lowest BCUT2D eigenvalue weighted by Gasteiger charge is -2.28. The van der Waals surface area contributed by atoms with Crippen LogP contribution in [0.4, 0.5) is 0 Å². The van der Waals surface area contributed by atoms with Gasteiger partial charge in [0, 0.05) is 24.6 Å².